The Morgan fingerprint density at radius 2 is 1.90 bits per heavy atom. The first kappa shape index (κ1) is 22.8. The van der Waals surface area contributed by atoms with Gasteiger partial charge in [-0.2, -0.15) is 0 Å². The van der Waals surface area contributed by atoms with E-state index in [1.165, 1.54) is 17.6 Å². The van der Waals surface area contributed by atoms with Gasteiger partial charge in [0.2, 0.25) is 0 Å². The van der Waals surface area contributed by atoms with Crippen LogP contribution in [-0.4, -0.2) is 48.0 Å². The van der Waals surface area contributed by atoms with Crippen molar-refractivity contribution >= 4 is 46.3 Å². The largest absolute Gasteiger partial charge is 0.493 e. The highest BCUT2D eigenvalue weighted by Gasteiger charge is 2.38. The van der Waals surface area contributed by atoms with Crippen LogP contribution in [-0.2, 0) is 20.7 Å². The molecule has 31 heavy (non-hydrogen) atoms. The zero-order valence-corrected chi connectivity index (χ0v) is 19.1. The van der Waals surface area contributed by atoms with Gasteiger partial charge in [0.25, 0.3) is 5.91 Å². The van der Waals surface area contributed by atoms with E-state index in [1.807, 2.05) is 30.3 Å². The summed E-state index contributed by atoms with van der Waals surface area (Å²) in [6.45, 7) is 2.11. The number of rotatable bonds is 8. The molecule has 1 saturated heterocycles. The number of hydrogen-bond acceptors (Lipinski definition) is 7. The van der Waals surface area contributed by atoms with Crippen LogP contribution >= 0.6 is 24.0 Å². The predicted molar refractivity (Wildman–Crippen MR) is 125 cm³/mol. The second-order valence-electron chi connectivity index (χ2n) is 6.75. The fraction of sp³-hybridized carbons (Fsp3) is 0.261. The predicted octanol–water partition coefficient (Wildman–Crippen LogP) is 4.08. The van der Waals surface area contributed by atoms with E-state index in [1.54, 1.807) is 26.2 Å². The summed E-state index contributed by atoms with van der Waals surface area (Å²) in [6.07, 6.45) is 2.51. The first-order chi connectivity index (χ1) is 14.9. The minimum Gasteiger partial charge on any atom is -0.493 e. The fourth-order valence-corrected chi connectivity index (χ4v) is 4.48. The number of esters is 1. The lowest BCUT2D eigenvalue weighted by molar-refractivity contribution is -0.147. The maximum Gasteiger partial charge on any atom is 0.328 e. The molecule has 0 bridgehead atoms. The van der Waals surface area contributed by atoms with Crippen molar-refractivity contribution in [3.8, 4) is 11.5 Å². The molecule has 162 valence electrons. The molecule has 0 radical (unpaired) electrons. The van der Waals surface area contributed by atoms with Crippen LogP contribution in [0.25, 0.3) is 6.08 Å². The number of methoxy groups -OCH3 is 2. The highest BCUT2D eigenvalue weighted by atomic mass is 32.2. The van der Waals surface area contributed by atoms with Gasteiger partial charge in [-0.25, -0.2) is 4.79 Å². The summed E-state index contributed by atoms with van der Waals surface area (Å²) in [5.74, 6) is 0.356. The second-order valence-corrected chi connectivity index (χ2v) is 8.42. The standard InChI is InChI=1S/C23H23NO5S2/c1-15(22(26)28-3)24-21(25)20(31-23(24)30)14-17-9-10-18(19(13-17)27-2)29-12-11-16-7-5-4-6-8-16/h4-10,13-15H,11-12H2,1-3H3. The molecule has 2 aromatic carbocycles. The Morgan fingerprint density at radius 3 is 2.58 bits per heavy atom. The lowest BCUT2D eigenvalue weighted by Crippen LogP contribution is -2.42. The van der Waals surface area contributed by atoms with Crippen LogP contribution in [0.1, 0.15) is 18.1 Å². The molecule has 0 aromatic heterocycles. The summed E-state index contributed by atoms with van der Waals surface area (Å²) in [5, 5.41) is 0. The molecule has 1 heterocycles. The van der Waals surface area contributed by atoms with Gasteiger partial charge in [0, 0.05) is 6.42 Å². The van der Waals surface area contributed by atoms with Gasteiger partial charge in [-0.3, -0.25) is 9.69 Å². The van der Waals surface area contributed by atoms with Crippen molar-refractivity contribution in [3.63, 3.8) is 0 Å². The second kappa shape index (κ2) is 10.5. The van der Waals surface area contributed by atoms with Crippen molar-refractivity contribution in [2.45, 2.75) is 19.4 Å². The molecule has 1 aliphatic rings. The molecular weight excluding hydrogens is 434 g/mol. The molecule has 6 nitrogen and oxygen atoms in total. The molecule has 1 aliphatic heterocycles. The lowest BCUT2D eigenvalue weighted by Gasteiger charge is -2.20. The monoisotopic (exact) mass is 457 g/mol. The van der Waals surface area contributed by atoms with Crippen LogP contribution in [0, 0.1) is 0 Å². The van der Waals surface area contributed by atoms with Crippen LogP contribution in [0.3, 0.4) is 0 Å². The Labute approximate surface area is 191 Å². The minimum absolute atomic E-state index is 0.321. The molecule has 2 aromatic rings. The number of carbonyl (C=O) groups is 2. The van der Waals surface area contributed by atoms with Crippen LogP contribution in [0.15, 0.2) is 53.4 Å². The average molecular weight is 458 g/mol. The van der Waals surface area contributed by atoms with Crippen molar-refractivity contribution in [1.82, 2.24) is 4.90 Å². The Bertz CT molecular complexity index is 1010. The van der Waals surface area contributed by atoms with Crippen molar-refractivity contribution in [2.75, 3.05) is 20.8 Å². The Balaban J connectivity index is 1.72. The van der Waals surface area contributed by atoms with Gasteiger partial charge in [0.1, 0.15) is 10.4 Å². The van der Waals surface area contributed by atoms with E-state index in [4.69, 9.17) is 26.4 Å². The summed E-state index contributed by atoms with van der Waals surface area (Å²) in [7, 11) is 2.85. The molecule has 0 N–H and O–H groups in total. The molecule has 3 rings (SSSR count). The average Bonchev–Trinajstić information content (AvgIpc) is 3.06. The zero-order valence-electron chi connectivity index (χ0n) is 17.5. The molecule has 1 unspecified atom stereocenters. The molecule has 1 fully saturated rings. The van der Waals surface area contributed by atoms with Gasteiger partial charge in [0.05, 0.1) is 25.7 Å². The minimum atomic E-state index is -0.779. The number of nitrogens with zero attached hydrogens (tertiary/aromatic N) is 1. The Kier molecular flexibility index (Phi) is 7.70. The quantitative estimate of drug-likeness (QED) is 0.336. The number of hydrogen-bond donors (Lipinski definition) is 0. The van der Waals surface area contributed by atoms with Gasteiger partial charge in [-0.05, 0) is 36.3 Å². The number of thiocarbonyl (C=S) groups is 1. The van der Waals surface area contributed by atoms with Gasteiger partial charge >= 0.3 is 5.97 Å². The van der Waals surface area contributed by atoms with Crippen molar-refractivity contribution in [3.05, 3.63) is 64.6 Å². The molecule has 0 aliphatic carbocycles. The Hall–Kier alpha value is -2.84. The first-order valence-corrected chi connectivity index (χ1v) is 10.9. The van der Waals surface area contributed by atoms with E-state index < -0.39 is 12.0 Å². The highest BCUT2D eigenvalue weighted by molar-refractivity contribution is 8.26. The molecule has 8 heteroatoms. The van der Waals surface area contributed by atoms with Crippen molar-refractivity contribution < 1.29 is 23.8 Å². The normalized spacial score (nSPS) is 15.8. The Morgan fingerprint density at radius 1 is 1.16 bits per heavy atom. The van der Waals surface area contributed by atoms with Gasteiger partial charge < -0.3 is 14.2 Å². The maximum absolute atomic E-state index is 12.8. The highest BCUT2D eigenvalue weighted by Crippen LogP contribution is 2.36. The SMILES string of the molecule is COC(=O)C(C)N1C(=O)C(=Cc2ccc(OCCc3ccccc3)c(OC)c2)SC1=S. The molecule has 0 saturated carbocycles. The maximum atomic E-state index is 12.8. The van der Waals surface area contributed by atoms with Crippen LogP contribution in [0.4, 0.5) is 0 Å². The van der Waals surface area contributed by atoms with E-state index in [2.05, 4.69) is 12.1 Å². The van der Waals surface area contributed by atoms with Crippen LogP contribution < -0.4 is 9.47 Å². The molecule has 0 spiro atoms. The summed E-state index contributed by atoms with van der Waals surface area (Å²) in [6, 6.07) is 14.8. The van der Waals surface area contributed by atoms with E-state index in [9.17, 15) is 9.59 Å². The van der Waals surface area contributed by atoms with Gasteiger partial charge in [-0.15, -0.1) is 0 Å². The smallest absolute Gasteiger partial charge is 0.328 e. The van der Waals surface area contributed by atoms with Gasteiger partial charge in [-0.1, -0.05) is 60.4 Å². The summed E-state index contributed by atoms with van der Waals surface area (Å²) in [5.41, 5.74) is 1.96. The topological polar surface area (TPSA) is 65.1 Å². The third-order valence-electron chi connectivity index (χ3n) is 4.73. The number of carbonyl (C=O) groups excluding carboxylic acids is 2. The lowest BCUT2D eigenvalue weighted by atomic mass is 10.1. The first-order valence-electron chi connectivity index (χ1n) is 9.64. The molecule has 1 amide bonds. The number of amides is 1. The third kappa shape index (κ3) is 5.45. The van der Waals surface area contributed by atoms with E-state index in [0.717, 1.165) is 23.7 Å². The zero-order chi connectivity index (χ0) is 22.4. The van der Waals surface area contributed by atoms with E-state index in [0.29, 0.717) is 27.3 Å². The van der Waals surface area contributed by atoms with Crippen molar-refractivity contribution in [2.24, 2.45) is 0 Å². The number of ether oxygens (including phenoxy) is 3. The number of thioether (sulfide) groups is 1. The van der Waals surface area contributed by atoms with Crippen LogP contribution in [0.2, 0.25) is 0 Å². The molecule has 1 atom stereocenters. The molecular formula is C23H23NO5S2. The van der Waals surface area contributed by atoms with E-state index in [-0.39, 0.29) is 5.91 Å². The summed E-state index contributed by atoms with van der Waals surface area (Å²) >= 11 is 6.44. The number of benzene rings is 2. The summed E-state index contributed by atoms with van der Waals surface area (Å²) in [4.78, 5) is 26.3. The van der Waals surface area contributed by atoms with Crippen molar-refractivity contribution in [1.29, 1.82) is 0 Å². The summed E-state index contributed by atoms with van der Waals surface area (Å²) < 4.78 is 16.4. The van der Waals surface area contributed by atoms with Gasteiger partial charge in [0.15, 0.2) is 11.5 Å². The van der Waals surface area contributed by atoms with E-state index >= 15 is 0 Å². The third-order valence-corrected chi connectivity index (χ3v) is 6.06. The fourth-order valence-electron chi connectivity index (χ4n) is 3.06. The van der Waals surface area contributed by atoms with Crippen LogP contribution in [0.5, 0.6) is 11.5 Å².